The zero-order valence-corrected chi connectivity index (χ0v) is 18.0. The minimum atomic E-state index is -0.0988. The number of hydrogen-bond donors (Lipinski definition) is 0. The van der Waals surface area contributed by atoms with Crippen molar-refractivity contribution in [3.63, 3.8) is 0 Å². The van der Waals surface area contributed by atoms with Crippen molar-refractivity contribution in [2.75, 3.05) is 26.8 Å². The van der Waals surface area contributed by atoms with Gasteiger partial charge in [-0.25, -0.2) is 0 Å². The van der Waals surface area contributed by atoms with E-state index in [2.05, 4.69) is 10.1 Å². The van der Waals surface area contributed by atoms with Crippen LogP contribution in [-0.2, 0) is 11.2 Å². The van der Waals surface area contributed by atoms with Crippen molar-refractivity contribution < 1.29 is 18.8 Å². The Labute approximate surface area is 185 Å². The molecule has 1 unspecified atom stereocenters. The summed E-state index contributed by atoms with van der Waals surface area (Å²) in [5, 5.41) is 4.53. The summed E-state index contributed by atoms with van der Waals surface area (Å²) in [5.41, 5.74) is 1.36. The molecule has 8 heteroatoms. The molecule has 1 atom stereocenters. The molecule has 1 aliphatic rings. The molecule has 1 amide bonds. The van der Waals surface area contributed by atoms with Crippen LogP contribution < -0.4 is 4.74 Å². The lowest BCUT2D eigenvalue weighted by molar-refractivity contribution is 0.00242. The molecule has 7 nitrogen and oxygen atoms in total. The second-order valence-corrected chi connectivity index (χ2v) is 7.80. The number of aromatic nitrogens is 2. The number of likely N-dealkylation sites (tertiary alicyclic amines) is 1. The van der Waals surface area contributed by atoms with Gasteiger partial charge in [-0.05, 0) is 43.2 Å². The van der Waals surface area contributed by atoms with E-state index in [0.717, 1.165) is 18.4 Å². The summed E-state index contributed by atoms with van der Waals surface area (Å²) in [7, 11) is 1.54. The summed E-state index contributed by atoms with van der Waals surface area (Å²) in [6.07, 6.45) is 2.28. The fourth-order valence-corrected chi connectivity index (χ4v) is 3.82. The number of nitrogens with zero attached hydrogens (tertiary/aromatic N) is 3. The van der Waals surface area contributed by atoms with Crippen LogP contribution >= 0.6 is 11.6 Å². The average Bonchev–Trinajstić information content (AvgIpc) is 3.28. The Kier molecular flexibility index (Phi) is 6.84. The van der Waals surface area contributed by atoms with E-state index in [9.17, 15) is 4.79 Å². The van der Waals surface area contributed by atoms with E-state index >= 15 is 0 Å². The Hall–Kier alpha value is -2.90. The maximum absolute atomic E-state index is 13.0. The fourth-order valence-electron chi connectivity index (χ4n) is 3.65. The first-order valence-electron chi connectivity index (χ1n) is 10.3. The number of rotatable bonds is 7. The lowest BCUT2D eigenvalue weighted by atomic mass is 10.1. The van der Waals surface area contributed by atoms with Crippen LogP contribution in [0.3, 0.4) is 0 Å². The van der Waals surface area contributed by atoms with Gasteiger partial charge in [-0.2, -0.15) is 4.98 Å². The lowest BCUT2D eigenvalue weighted by Crippen LogP contribution is -2.43. The largest absolute Gasteiger partial charge is 0.496 e. The number of piperidine rings is 1. The summed E-state index contributed by atoms with van der Waals surface area (Å²) in [6.45, 7) is 1.66. The van der Waals surface area contributed by atoms with Crippen LogP contribution in [0.5, 0.6) is 5.75 Å². The highest BCUT2D eigenvalue weighted by atomic mass is 35.5. The highest BCUT2D eigenvalue weighted by Gasteiger charge is 2.27. The third-order valence-electron chi connectivity index (χ3n) is 5.23. The van der Waals surface area contributed by atoms with Crippen molar-refractivity contribution in [3.05, 3.63) is 64.9 Å². The SMILES string of the molecule is COc1ccc(Cl)cc1C(=O)N1CCCC(OCCc2noc(-c3ccccc3)n2)C1. The topological polar surface area (TPSA) is 77.7 Å². The van der Waals surface area contributed by atoms with E-state index in [1.54, 1.807) is 30.2 Å². The summed E-state index contributed by atoms with van der Waals surface area (Å²) in [4.78, 5) is 19.2. The van der Waals surface area contributed by atoms with E-state index in [1.165, 1.54) is 0 Å². The predicted octanol–water partition coefficient (Wildman–Crippen LogP) is 4.26. The monoisotopic (exact) mass is 441 g/mol. The summed E-state index contributed by atoms with van der Waals surface area (Å²) < 4.78 is 16.7. The molecule has 0 spiro atoms. The minimum absolute atomic E-state index is 0.0385. The Morgan fingerprint density at radius 1 is 1.26 bits per heavy atom. The number of ether oxygens (including phenoxy) is 2. The molecule has 3 aromatic rings. The maximum Gasteiger partial charge on any atom is 0.257 e. The standard InChI is InChI=1S/C23H24ClN3O4/c1-29-20-10-9-17(24)14-19(20)23(28)27-12-5-8-18(15-27)30-13-11-21-25-22(31-26-21)16-6-3-2-4-7-16/h2-4,6-7,9-10,14,18H,5,8,11-13,15H2,1H3. The molecule has 162 valence electrons. The van der Waals surface area contributed by atoms with E-state index in [1.807, 2.05) is 30.3 Å². The molecular formula is C23H24ClN3O4. The van der Waals surface area contributed by atoms with Crippen LogP contribution in [0.2, 0.25) is 5.02 Å². The molecule has 2 heterocycles. The van der Waals surface area contributed by atoms with Crippen LogP contribution in [0.15, 0.2) is 53.1 Å². The van der Waals surface area contributed by atoms with Crippen LogP contribution in [0, 0.1) is 0 Å². The van der Waals surface area contributed by atoms with Crippen molar-refractivity contribution in [1.29, 1.82) is 0 Å². The Balaban J connectivity index is 1.31. The van der Waals surface area contributed by atoms with Gasteiger partial charge >= 0.3 is 0 Å². The highest BCUT2D eigenvalue weighted by Crippen LogP contribution is 2.26. The number of benzene rings is 2. The Morgan fingerprint density at radius 2 is 2.10 bits per heavy atom. The summed E-state index contributed by atoms with van der Waals surface area (Å²) in [5.74, 6) is 1.52. The first-order valence-corrected chi connectivity index (χ1v) is 10.6. The summed E-state index contributed by atoms with van der Waals surface area (Å²) >= 11 is 6.08. The van der Waals surface area contributed by atoms with Crippen LogP contribution in [0.4, 0.5) is 0 Å². The number of halogens is 1. The van der Waals surface area contributed by atoms with Crippen molar-refractivity contribution in [3.8, 4) is 17.2 Å². The maximum atomic E-state index is 13.0. The zero-order chi connectivity index (χ0) is 21.6. The molecule has 0 radical (unpaired) electrons. The number of carbonyl (C=O) groups is 1. The second-order valence-electron chi connectivity index (χ2n) is 7.36. The van der Waals surface area contributed by atoms with Crippen molar-refractivity contribution in [2.45, 2.75) is 25.4 Å². The quantitative estimate of drug-likeness (QED) is 0.545. The number of carbonyl (C=O) groups excluding carboxylic acids is 1. The zero-order valence-electron chi connectivity index (χ0n) is 17.3. The van der Waals surface area contributed by atoms with Gasteiger partial charge in [-0.1, -0.05) is 35.0 Å². The molecular weight excluding hydrogens is 418 g/mol. The van der Waals surface area contributed by atoms with Crippen LogP contribution in [0.1, 0.15) is 29.0 Å². The predicted molar refractivity (Wildman–Crippen MR) is 116 cm³/mol. The van der Waals surface area contributed by atoms with E-state index in [4.69, 9.17) is 25.6 Å². The fraction of sp³-hybridized carbons (Fsp3) is 0.348. The van der Waals surface area contributed by atoms with Gasteiger partial charge < -0.3 is 18.9 Å². The van der Waals surface area contributed by atoms with Gasteiger partial charge in [0, 0.05) is 30.1 Å². The second kappa shape index (κ2) is 9.94. The molecule has 1 aliphatic heterocycles. The van der Waals surface area contributed by atoms with Crippen molar-refractivity contribution in [1.82, 2.24) is 15.0 Å². The third kappa shape index (κ3) is 5.24. The van der Waals surface area contributed by atoms with Crippen molar-refractivity contribution >= 4 is 17.5 Å². The van der Waals surface area contributed by atoms with Gasteiger partial charge in [0.1, 0.15) is 5.75 Å². The molecule has 1 saturated heterocycles. The summed E-state index contributed by atoms with van der Waals surface area (Å²) in [6, 6.07) is 14.7. The Bertz CT molecular complexity index is 1020. The van der Waals surface area contributed by atoms with Gasteiger partial charge in [-0.15, -0.1) is 0 Å². The van der Waals surface area contributed by atoms with E-state index in [0.29, 0.717) is 54.2 Å². The normalized spacial score (nSPS) is 16.3. The molecule has 0 saturated carbocycles. The van der Waals surface area contributed by atoms with Gasteiger partial charge in [-0.3, -0.25) is 4.79 Å². The van der Waals surface area contributed by atoms with Crippen LogP contribution in [-0.4, -0.2) is 53.9 Å². The van der Waals surface area contributed by atoms with Crippen LogP contribution in [0.25, 0.3) is 11.5 Å². The average molecular weight is 442 g/mol. The molecule has 1 fully saturated rings. The number of methoxy groups -OCH3 is 1. The number of hydrogen-bond acceptors (Lipinski definition) is 6. The Morgan fingerprint density at radius 3 is 2.90 bits per heavy atom. The molecule has 1 aromatic heterocycles. The number of amides is 1. The van der Waals surface area contributed by atoms with Gasteiger partial charge in [0.2, 0.25) is 0 Å². The lowest BCUT2D eigenvalue weighted by Gasteiger charge is -2.33. The van der Waals surface area contributed by atoms with Gasteiger partial charge in [0.25, 0.3) is 11.8 Å². The van der Waals surface area contributed by atoms with Gasteiger partial charge in [0.05, 0.1) is 25.4 Å². The molecule has 0 N–H and O–H groups in total. The van der Waals surface area contributed by atoms with Gasteiger partial charge in [0.15, 0.2) is 5.82 Å². The smallest absolute Gasteiger partial charge is 0.257 e. The molecule has 0 bridgehead atoms. The van der Waals surface area contributed by atoms with Crippen molar-refractivity contribution in [2.24, 2.45) is 0 Å². The highest BCUT2D eigenvalue weighted by molar-refractivity contribution is 6.31. The van der Waals surface area contributed by atoms with E-state index < -0.39 is 0 Å². The minimum Gasteiger partial charge on any atom is -0.496 e. The third-order valence-corrected chi connectivity index (χ3v) is 5.46. The first kappa shape index (κ1) is 21.3. The molecule has 0 aliphatic carbocycles. The first-order chi connectivity index (χ1) is 15.1. The molecule has 31 heavy (non-hydrogen) atoms. The molecule has 4 rings (SSSR count). The molecule has 2 aromatic carbocycles. The van der Waals surface area contributed by atoms with E-state index in [-0.39, 0.29) is 12.0 Å².